The third kappa shape index (κ3) is 3.73. The molecule has 4 nitrogen and oxygen atoms in total. The second-order valence-corrected chi connectivity index (χ2v) is 5.34. The Bertz CT molecular complexity index is 394. The van der Waals surface area contributed by atoms with Crippen LogP contribution in [0, 0.1) is 0 Å². The molecule has 1 aromatic heterocycles. The highest BCUT2D eigenvalue weighted by atomic mass is 16.2. The Morgan fingerprint density at radius 2 is 2.06 bits per heavy atom. The number of rotatable bonds is 2. The molecule has 0 aliphatic heterocycles. The van der Waals surface area contributed by atoms with Crippen molar-refractivity contribution in [2.75, 3.05) is 14.1 Å². The molecule has 0 spiro atoms. The molecule has 4 heteroatoms. The molecule has 1 rings (SSSR count). The molecule has 0 saturated carbocycles. The average Bonchev–Trinajstić information content (AvgIpc) is 2.24. The SMILES string of the molecule is CN(C)C(=O)NCc1cnccc1C(C)(C)C. The second kappa shape index (κ2) is 5.17. The highest BCUT2D eigenvalue weighted by molar-refractivity contribution is 5.73. The van der Waals surface area contributed by atoms with Crippen LogP contribution in [0.4, 0.5) is 4.79 Å². The minimum absolute atomic E-state index is 0.0567. The van der Waals surface area contributed by atoms with Gasteiger partial charge in [-0.25, -0.2) is 4.79 Å². The number of carbonyl (C=O) groups excluding carboxylic acids is 1. The molecule has 1 heterocycles. The predicted octanol–water partition coefficient (Wildman–Crippen LogP) is 2.15. The van der Waals surface area contributed by atoms with Gasteiger partial charge < -0.3 is 10.2 Å². The smallest absolute Gasteiger partial charge is 0.317 e. The summed E-state index contributed by atoms with van der Waals surface area (Å²) in [5, 5.41) is 2.86. The monoisotopic (exact) mass is 235 g/mol. The van der Waals surface area contributed by atoms with Gasteiger partial charge in [-0.1, -0.05) is 20.8 Å². The highest BCUT2D eigenvalue weighted by Crippen LogP contribution is 2.24. The number of hydrogen-bond acceptors (Lipinski definition) is 2. The number of nitrogens with zero attached hydrogens (tertiary/aromatic N) is 2. The van der Waals surface area contributed by atoms with E-state index in [2.05, 4.69) is 31.1 Å². The summed E-state index contributed by atoms with van der Waals surface area (Å²) in [5.74, 6) is 0. The fourth-order valence-electron chi connectivity index (χ4n) is 1.63. The van der Waals surface area contributed by atoms with Crippen molar-refractivity contribution < 1.29 is 4.79 Å². The van der Waals surface area contributed by atoms with Crippen LogP contribution in [-0.2, 0) is 12.0 Å². The lowest BCUT2D eigenvalue weighted by atomic mass is 9.85. The lowest BCUT2D eigenvalue weighted by Crippen LogP contribution is -2.34. The molecule has 2 amide bonds. The number of pyridine rings is 1. The van der Waals surface area contributed by atoms with Crippen molar-refractivity contribution in [2.24, 2.45) is 0 Å². The van der Waals surface area contributed by atoms with Gasteiger partial charge in [-0.15, -0.1) is 0 Å². The van der Waals surface area contributed by atoms with Crippen LogP contribution in [0.5, 0.6) is 0 Å². The Morgan fingerprint density at radius 3 is 2.59 bits per heavy atom. The zero-order chi connectivity index (χ0) is 13.1. The van der Waals surface area contributed by atoms with Crippen molar-refractivity contribution in [3.8, 4) is 0 Å². The molecule has 0 fully saturated rings. The first-order chi connectivity index (χ1) is 7.82. The van der Waals surface area contributed by atoms with Gasteiger partial charge in [0.15, 0.2) is 0 Å². The van der Waals surface area contributed by atoms with E-state index in [0.717, 1.165) is 5.56 Å². The van der Waals surface area contributed by atoms with Gasteiger partial charge in [0.1, 0.15) is 0 Å². The molecule has 0 aliphatic carbocycles. The van der Waals surface area contributed by atoms with Crippen molar-refractivity contribution in [2.45, 2.75) is 32.7 Å². The largest absolute Gasteiger partial charge is 0.334 e. The van der Waals surface area contributed by atoms with Crippen LogP contribution in [0.15, 0.2) is 18.5 Å². The maximum Gasteiger partial charge on any atom is 0.317 e. The summed E-state index contributed by atoms with van der Waals surface area (Å²) in [7, 11) is 3.45. The van der Waals surface area contributed by atoms with Gasteiger partial charge in [0.05, 0.1) is 0 Å². The van der Waals surface area contributed by atoms with E-state index in [1.165, 1.54) is 10.5 Å². The molecule has 1 aromatic rings. The summed E-state index contributed by atoms with van der Waals surface area (Å²) in [6, 6.07) is 1.92. The first kappa shape index (κ1) is 13.5. The van der Waals surface area contributed by atoms with Crippen LogP contribution >= 0.6 is 0 Å². The molecular formula is C13H21N3O. The quantitative estimate of drug-likeness (QED) is 0.853. The van der Waals surface area contributed by atoms with E-state index in [-0.39, 0.29) is 11.4 Å². The predicted molar refractivity (Wildman–Crippen MR) is 68.9 cm³/mol. The molecule has 1 N–H and O–H groups in total. The standard InChI is InChI=1S/C13H21N3O/c1-13(2,3)11-6-7-14-8-10(11)9-15-12(17)16(4)5/h6-8H,9H2,1-5H3,(H,15,17). The third-order valence-corrected chi connectivity index (χ3v) is 2.55. The van der Waals surface area contributed by atoms with Gasteiger partial charge in [-0.3, -0.25) is 4.98 Å². The summed E-state index contributed by atoms with van der Waals surface area (Å²) >= 11 is 0. The summed E-state index contributed by atoms with van der Waals surface area (Å²) in [4.78, 5) is 17.1. The van der Waals surface area contributed by atoms with Crippen LogP contribution in [-0.4, -0.2) is 30.0 Å². The van der Waals surface area contributed by atoms with Gasteiger partial charge >= 0.3 is 6.03 Å². The Morgan fingerprint density at radius 1 is 1.41 bits per heavy atom. The number of hydrogen-bond donors (Lipinski definition) is 1. The molecule has 17 heavy (non-hydrogen) atoms. The van der Waals surface area contributed by atoms with E-state index in [4.69, 9.17) is 0 Å². The fraction of sp³-hybridized carbons (Fsp3) is 0.538. The molecule has 0 aliphatic rings. The normalized spacial score (nSPS) is 11.1. The van der Waals surface area contributed by atoms with Gasteiger partial charge in [0.25, 0.3) is 0 Å². The molecule has 0 saturated heterocycles. The Kier molecular flexibility index (Phi) is 4.10. The van der Waals surface area contributed by atoms with Crippen LogP contribution in [0.3, 0.4) is 0 Å². The van der Waals surface area contributed by atoms with Crippen molar-refractivity contribution in [1.82, 2.24) is 15.2 Å². The van der Waals surface area contributed by atoms with E-state index in [9.17, 15) is 4.79 Å². The van der Waals surface area contributed by atoms with E-state index in [1.807, 2.05) is 12.3 Å². The molecular weight excluding hydrogens is 214 g/mol. The number of nitrogens with one attached hydrogen (secondary N) is 1. The second-order valence-electron chi connectivity index (χ2n) is 5.34. The van der Waals surface area contributed by atoms with E-state index >= 15 is 0 Å². The Labute approximate surface area is 103 Å². The third-order valence-electron chi connectivity index (χ3n) is 2.55. The van der Waals surface area contributed by atoms with Crippen molar-refractivity contribution >= 4 is 6.03 Å². The zero-order valence-corrected chi connectivity index (χ0v) is 11.2. The van der Waals surface area contributed by atoms with Crippen LogP contribution in [0.2, 0.25) is 0 Å². The van der Waals surface area contributed by atoms with Crippen molar-refractivity contribution in [1.29, 1.82) is 0 Å². The van der Waals surface area contributed by atoms with Gasteiger partial charge in [-0.2, -0.15) is 0 Å². The summed E-state index contributed by atoms with van der Waals surface area (Å²) in [5.41, 5.74) is 2.34. The Hall–Kier alpha value is -1.58. The lowest BCUT2D eigenvalue weighted by Gasteiger charge is -2.23. The highest BCUT2D eigenvalue weighted by Gasteiger charge is 2.17. The summed E-state index contributed by atoms with van der Waals surface area (Å²) in [6.45, 7) is 6.97. The summed E-state index contributed by atoms with van der Waals surface area (Å²) < 4.78 is 0. The molecule has 0 bridgehead atoms. The minimum Gasteiger partial charge on any atom is -0.334 e. The molecule has 0 atom stereocenters. The minimum atomic E-state index is -0.0892. The maximum absolute atomic E-state index is 11.5. The van der Waals surface area contributed by atoms with Crippen LogP contribution in [0.1, 0.15) is 31.9 Å². The van der Waals surface area contributed by atoms with E-state index in [1.54, 1.807) is 20.3 Å². The molecule has 0 aromatic carbocycles. The fourth-order valence-corrected chi connectivity index (χ4v) is 1.63. The maximum atomic E-state index is 11.5. The molecule has 0 unspecified atom stereocenters. The van der Waals surface area contributed by atoms with Crippen molar-refractivity contribution in [3.05, 3.63) is 29.6 Å². The lowest BCUT2D eigenvalue weighted by molar-refractivity contribution is 0.217. The average molecular weight is 235 g/mol. The topological polar surface area (TPSA) is 45.2 Å². The summed E-state index contributed by atoms with van der Waals surface area (Å²) in [6.07, 6.45) is 3.61. The number of aromatic nitrogens is 1. The zero-order valence-electron chi connectivity index (χ0n) is 11.2. The Balaban J connectivity index is 2.82. The first-order valence-electron chi connectivity index (χ1n) is 5.71. The molecule has 0 radical (unpaired) electrons. The van der Waals surface area contributed by atoms with E-state index < -0.39 is 0 Å². The number of urea groups is 1. The van der Waals surface area contributed by atoms with E-state index in [0.29, 0.717) is 6.54 Å². The van der Waals surface area contributed by atoms with Gasteiger partial charge in [0.2, 0.25) is 0 Å². The van der Waals surface area contributed by atoms with Crippen LogP contribution < -0.4 is 5.32 Å². The van der Waals surface area contributed by atoms with Crippen LogP contribution in [0.25, 0.3) is 0 Å². The van der Waals surface area contributed by atoms with Crippen molar-refractivity contribution in [3.63, 3.8) is 0 Å². The van der Waals surface area contributed by atoms with Gasteiger partial charge in [-0.05, 0) is 22.6 Å². The number of amides is 2. The first-order valence-corrected chi connectivity index (χ1v) is 5.71. The molecule has 94 valence electrons. The van der Waals surface area contributed by atoms with Gasteiger partial charge in [0, 0.05) is 33.0 Å². The number of carbonyl (C=O) groups is 1.